The van der Waals surface area contributed by atoms with Gasteiger partial charge in [-0.2, -0.15) is 0 Å². The van der Waals surface area contributed by atoms with Crippen molar-refractivity contribution in [2.75, 3.05) is 16.8 Å². The van der Waals surface area contributed by atoms with E-state index in [1.165, 1.54) is 48.9 Å². The predicted molar refractivity (Wildman–Crippen MR) is 145 cm³/mol. The van der Waals surface area contributed by atoms with E-state index in [4.69, 9.17) is 0 Å². The number of hydrogen-bond acceptors (Lipinski definition) is 10. The highest BCUT2D eigenvalue weighted by Gasteiger charge is 2.66. The minimum absolute atomic E-state index is 0.00426. The zero-order valence-electron chi connectivity index (χ0n) is 22.7. The Kier molecular flexibility index (Phi) is 6.27. The van der Waals surface area contributed by atoms with Gasteiger partial charge in [0.1, 0.15) is 6.04 Å². The Bertz CT molecular complexity index is 1910. The van der Waals surface area contributed by atoms with Crippen molar-refractivity contribution in [2.45, 2.75) is 38.8 Å². The maximum Gasteiger partial charge on any atom is 0.332 e. The van der Waals surface area contributed by atoms with Gasteiger partial charge in [0.15, 0.2) is 22.8 Å². The monoisotopic (exact) mass is 578 g/mol. The second-order valence-electron chi connectivity index (χ2n) is 10.1. The summed E-state index contributed by atoms with van der Waals surface area (Å²) in [6.07, 6.45) is 8.57. The molecule has 5 heterocycles. The van der Waals surface area contributed by atoms with Gasteiger partial charge in [-0.1, -0.05) is 6.92 Å². The van der Waals surface area contributed by atoms with E-state index in [1.54, 1.807) is 18.7 Å². The molecule has 6 rings (SSSR count). The summed E-state index contributed by atoms with van der Waals surface area (Å²) in [6.45, 7) is 2.91. The van der Waals surface area contributed by atoms with E-state index in [2.05, 4.69) is 30.2 Å². The van der Waals surface area contributed by atoms with Crippen molar-refractivity contribution in [3.63, 3.8) is 0 Å². The molecule has 4 aromatic rings. The van der Waals surface area contributed by atoms with E-state index in [1.807, 2.05) is 0 Å². The summed E-state index contributed by atoms with van der Waals surface area (Å²) in [5.41, 5.74) is -0.413. The lowest BCUT2D eigenvalue weighted by Crippen LogP contribution is -2.41. The summed E-state index contributed by atoms with van der Waals surface area (Å²) in [5, 5.41) is 2.66. The molecule has 0 radical (unpaired) electrons. The van der Waals surface area contributed by atoms with Gasteiger partial charge in [-0.25, -0.2) is 33.5 Å². The zero-order chi connectivity index (χ0) is 29.9. The van der Waals surface area contributed by atoms with Crippen LogP contribution in [0.2, 0.25) is 0 Å². The van der Waals surface area contributed by atoms with E-state index in [-0.39, 0.29) is 53.8 Å². The SMILES string of the molecule is CCC(=O)Cn1c(=O)c2c(ncn2[C@@H](C)C(=O)Nc2cncc(-c3cnc(N4C=C5C(C4)C5(F)F)nc3)n2)n(C)c1=O. The smallest absolute Gasteiger partial charge is 0.316 e. The van der Waals surface area contributed by atoms with Crippen LogP contribution in [0.5, 0.6) is 0 Å². The summed E-state index contributed by atoms with van der Waals surface area (Å²) >= 11 is 0. The molecule has 1 aliphatic heterocycles. The molecule has 42 heavy (non-hydrogen) atoms. The van der Waals surface area contributed by atoms with Gasteiger partial charge in [0.05, 0.1) is 36.9 Å². The summed E-state index contributed by atoms with van der Waals surface area (Å²) in [4.78, 5) is 73.8. The zero-order valence-corrected chi connectivity index (χ0v) is 22.7. The quantitative estimate of drug-likeness (QED) is 0.322. The van der Waals surface area contributed by atoms with Gasteiger partial charge in [-0.15, -0.1) is 0 Å². The second-order valence-corrected chi connectivity index (χ2v) is 10.1. The van der Waals surface area contributed by atoms with Crippen molar-refractivity contribution < 1.29 is 18.4 Å². The Balaban J connectivity index is 1.21. The first-order valence-electron chi connectivity index (χ1n) is 13.0. The summed E-state index contributed by atoms with van der Waals surface area (Å²) in [6, 6.07) is -0.961. The fourth-order valence-electron chi connectivity index (χ4n) is 4.83. The molecule has 0 aromatic carbocycles. The van der Waals surface area contributed by atoms with Crippen molar-refractivity contribution in [1.82, 2.24) is 38.6 Å². The molecule has 0 bridgehead atoms. The number of fused-ring (bicyclic) bond motifs is 2. The Morgan fingerprint density at radius 1 is 1.14 bits per heavy atom. The van der Waals surface area contributed by atoms with Crippen LogP contribution in [0, 0.1) is 5.92 Å². The van der Waals surface area contributed by atoms with Crippen LogP contribution >= 0.6 is 0 Å². The molecule has 2 atom stereocenters. The van der Waals surface area contributed by atoms with Crippen molar-refractivity contribution in [3.8, 4) is 11.3 Å². The fourth-order valence-corrected chi connectivity index (χ4v) is 4.83. The number of halogens is 2. The van der Waals surface area contributed by atoms with Gasteiger partial charge in [-0.3, -0.25) is 28.5 Å². The first kappa shape index (κ1) is 27.0. The highest BCUT2D eigenvalue weighted by Crippen LogP contribution is 2.58. The molecular weight excluding hydrogens is 554 g/mol. The van der Waals surface area contributed by atoms with E-state index in [9.17, 15) is 28.0 Å². The molecular formula is C26H24F2N10O4. The van der Waals surface area contributed by atoms with E-state index in [0.717, 1.165) is 9.13 Å². The third-order valence-corrected chi connectivity index (χ3v) is 7.45. The summed E-state index contributed by atoms with van der Waals surface area (Å²) in [5.74, 6) is -3.96. The normalized spacial score (nSPS) is 17.6. The molecule has 16 heteroatoms. The molecule has 14 nitrogen and oxygen atoms in total. The van der Waals surface area contributed by atoms with Crippen LogP contribution < -0.4 is 21.5 Å². The number of aryl methyl sites for hydroxylation is 1. The second kappa shape index (κ2) is 9.74. The molecule has 1 amide bonds. The number of Topliss-reactive ketones (excluding diaryl/α,β-unsaturated/α-hetero) is 1. The largest absolute Gasteiger partial charge is 0.332 e. The maximum atomic E-state index is 13.4. The number of anilines is 2. The van der Waals surface area contributed by atoms with Crippen LogP contribution in [0.25, 0.3) is 22.4 Å². The Morgan fingerprint density at radius 3 is 2.55 bits per heavy atom. The van der Waals surface area contributed by atoms with Crippen LogP contribution in [0.4, 0.5) is 20.5 Å². The van der Waals surface area contributed by atoms with Crippen LogP contribution in [0.3, 0.4) is 0 Å². The Morgan fingerprint density at radius 2 is 1.88 bits per heavy atom. The molecule has 4 aromatic heterocycles. The molecule has 2 aliphatic rings. The van der Waals surface area contributed by atoms with Crippen molar-refractivity contribution in [2.24, 2.45) is 13.0 Å². The lowest BCUT2D eigenvalue weighted by molar-refractivity contribution is -0.120. The van der Waals surface area contributed by atoms with Gasteiger partial charge >= 0.3 is 5.69 Å². The number of hydrogen-bond donors (Lipinski definition) is 1. The van der Waals surface area contributed by atoms with Crippen LogP contribution in [0.1, 0.15) is 26.3 Å². The first-order valence-corrected chi connectivity index (χ1v) is 13.0. The van der Waals surface area contributed by atoms with Gasteiger partial charge in [0.2, 0.25) is 11.9 Å². The number of nitrogens with zero attached hydrogens (tertiary/aromatic N) is 9. The molecule has 1 saturated carbocycles. The number of nitrogens with one attached hydrogen (secondary N) is 1. The van der Waals surface area contributed by atoms with Gasteiger partial charge in [0.25, 0.3) is 11.5 Å². The average molecular weight is 579 g/mol. The third kappa shape index (κ3) is 4.35. The van der Waals surface area contributed by atoms with Crippen LogP contribution in [-0.4, -0.2) is 62.8 Å². The number of carbonyl (C=O) groups is 2. The topological polar surface area (TPSA) is 163 Å². The fraction of sp³-hybridized carbons (Fsp3) is 0.346. The van der Waals surface area contributed by atoms with Crippen molar-refractivity contribution in [3.05, 3.63) is 63.7 Å². The highest BCUT2D eigenvalue weighted by molar-refractivity contribution is 5.93. The average Bonchev–Trinajstić information content (AvgIpc) is 3.41. The predicted octanol–water partition coefficient (Wildman–Crippen LogP) is 1.29. The van der Waals surface area contributed by atoms with Gasteiger partial charge < -0.3 is 14.8 Å². The number of carbonyl (C=O) groups excluding carboxylic acids is 2. The molecule has 0 saturated heterocycles. The number of rotatable bonds is 8. The summed E-state index contributed by atoms with van der Waals surface area (Å²) < 4.78 is 30.2. The minimum Gasteiger partial charge on any atom is -0.316 e. The molecule has 1 unspecified atom stereocenters. The number of amides is 1. The van der Waals surface area contributed by atoms with Crippen LogP contribution in [0.15, 0.2) is 52.5 Å². The summed E-state index contributed by atoms with van der Waals surface area (Å²) in [7, 11) is 1.43. The van der Waals surface area contributed by atoms with Crippen LogP contribution in [-0.2, 0) is 23.2 Å². The van der Waals surface area contributed by atoms with E-state index in [0.29, 0.717) is 11.3 Å². The number of imidazole rings is 1. The number of aromatic nitrogens is 8. The third-order valence-electron chi connectivity index (χ3n) is 7.45. The van der Waals surface area contributed by atoms with E-state index >= 15 is 0 Å². The van der Waals surface area contributed by atoms with Crippen molar-refractivity contribution >= 4 is 34.6 Å². The molecule has 216 valence electrons. The number of alkyl halides is 2. The minimum atomic E-state index is -2.73. The highest BCUT2D eigenvalue weighted by atomic mass is 19.3. The first-order chi connectivity index (χ1) is 20.0. The molecule has 0 spiro atoms. The molecule has 1 fully saturated rings. The van der Waals surface area contributed by atoms with Gasteiger partial charge in [-0.05, 0) is 6.92 Å². The van der Waals surface area contributed by atoms with Crippen molar-refractivity contribution in [1.29, 1.82) is 0 Å². The molecule has 1 aliphatic carbocycles. The lowest BCUT2D eigenvalue weighted by Gasteiger charge is -2.16. The van der Waals surface area contributed by atoms with Gasteiger partial charge in [0, 0.05) is 49.7 Å². The number of ketones is 1. The lowest BCUT2D eigenvalue weighted by atomic mass is 10.2. The standard InChI is InChI=1S/C26H24F2N10O4/c1-4-15(39)9-37-23(41)20-21(35(3)25(37)42)32-12-38(20)13(2)22(40)34-19-8-29-7-18(33-19)14-5-30-24(31-6-14)36-10-16-17(11-36)26(16,27)28/h5-8,10,12-13,17H,4,9,11H2,1-3H3,(H,33,34,40)/t13-,17?/m0/s1. The Hall–Kier alpha value is -5.15. The molecule has 1 N–H and O–H groups in total. The van der Waals surface area contributed by atoms with E-state index < -0.39 is 35.0 Å². The maximum absolute atomic E-state index is 13.4. The Labute approximate surface area is 235 Å².